The van der Waals surface area contributed by atoms with Crippen LogP contribution >= 0.6 is 0 Å². The second-order valence-corrected chi connectivity index (χ2v) is 8.38. The third kappa shape index (κ3) is 5.68. The van der Waals surface area contributed by atoms with Crippen molar-refractivity contribution >= 4 is 17.5 Å². The molecule has 158 valence electrons. The number of amides is 2. The van der Waals surface area contributed by atoms with E-state index in [1.54, 1.807) is 12.1 Å². The molecule has 6 nitrogen and oxygen atoms in total. The maximum Gasteiger partial charge on any atom is 0.253 e. The van der Waals surface area contributed by atoms with E-state index in [2.05, 4.69) is 51.6 Å². The van der Waals surface area contributed by atoms with Crippen LogP contribution in [0.15, 0.2) is 48.5 Å². The molecule has 0 bridgehead atoms. The van der Waals surface area contributed by atoms with Crippen molar-refractivity contribution in [2.45, 2.75) is 32.4 Å². The Morgan fingerprint density at radius 1 is 0.967 bits per heavy atom. The van der Waals surface area contributed by atoms with Crippen LogP contribution in [0.2, 0.25) is 0 Å². The topological polar surface area (TPSA) is 64.7 Å². The first-order valence-corrected chi connectivity index (χ1v) is 10.8. The Balaban J connectivity index is 1.26. The average molecular weight is 407 g/mol. The van der Waals surface area contributed by atoms with Gasteiger partial charge in [-0.05, 0) is 37.5 Å². The first-order valence-electron chi connectivity index (χ1n) is 10.8. The van der Waals surface area contributed by atoms with Crippen LogP contribution in [0.3, 0.4) is 0 Å². The lowest BCUT2D eigenvalue weighted by Gasteiger charge is -2.34. The first-order chi connectivity index (χ1) is 14.6. The monoisotopic (exact) mass is 406 g/mol. The van der Waals surface area contributed by atoms with Gasteiger partial charge in [-0.25, -0.2) is 0 Å². The van der Waals surface area contributed by atoms with Crippen molar-refractivity contribution in [3.63, 3.8) is 0 Å². The van der Waals surface area contributed by atoms with Gasteiger partial charge in [0.15, 0.2) is 0 Å². The van der Waals surface area contributed by atoms with Crippen LogP contribution in [-0.2, 0) is 11.3 Å². The molecule has 0 aromatic heterocycles. The van der Waals surface area contributed by atoms with Gasteiger partial charge in [0.2, 0.25) is 5.91 Å². The molecule has 30 heavy (non-hydrogen) atoms. The summed E-state index contributed by atoms with van der Waals surface area (Å²) in [6, 6.07) is 16.1. The number of nitrogens with zero attached hydrogens (tertiary/aromatic N) is 2. The van der Waals surface area contributed by atoms with Crippen LogP contribution in [-0.4, -0.2) is 60.4 Å². The number of carbonyl (C=O) groups excluding carboxylic acids is 2. The summed E-state index contributed by atoms with van der Waals surface area (Å²) >= 11 is 0. The van der Waals surface area contributed by atoms with Gasteiger partial charge < -0.3 is 10.6 Å². The third-order valence-electron chi connectivity index (χ3n) is 5.68. The SMILES string of the molecule is Cc1cccc(CN2CCN(CC(=O)Nc3ccccc3C(=O)NC3CC3)CC2)c1. The van der Waals surface area contributed by atoms with Crippen LogP contribution in [0.1, 0.15) is 34.3 Å². The van der Waals surface area contributed by atoms with Gasteiger partial charge in [0.1, 0.15) is 0 Å². The van der Waals surface area contributed by atoms with Crippen molar-refractivity contribution in [2.75, 3.05) is 38.0 Å². The fraction of sp³-hybridized carbons (Fsp3) is 0.417. The zero-order chi connectivity index (χ0) is 20.9. The number of carbonyl (C=O) groups is 2. The number of nitrogens with one attached hydrogen (secondary N) is 2. The summed E-state index contributed by atoms with van der Waals surface area (Å²) in [7, 11) is 0. The van der Waals surface area contributed by atoms with E-state index >= 15 is 0 Å². The minimum atomic E-state index is -0.113. The van der Waals surface area contributed by atoms with Crippen LogP contribution in [0.5, 0.6) is 0 Å². The Labute approximate surface area is 178 Å². The number of rotatable bonds is 7. The fourth-order valence-electron chi connectivity index (χ4n) is 3.85. The fourth-order valence-corrected chi connectivity index (χ4v) is 3.85. The smallest absolute Gasteiger partial charge is 0.253 e. The average Bonchev–Trinajstić information content (AvgIpc) is 3.54. The summed E-state index contributed by atoms with van der Waals surface area (Å²) in [6.45, 7) is 7.03. The van der Waals surface area contributed by atoms with E-state index in [1.807, 2.05) is 12.1 Å². The molecule has 0 spiro atoms. The molecule has 2 N–H and O–H groups in total. The van der Waals surface area contributed by atoms with Crippen molar-refractivity contribution in [3.05, 3.63) is 65.2 Å². The summed E-state index contributed by atoms with van der Waals surface area (Å²) in [5.41, 5.74) is 3.73. The Morgan fingerprint density at radius 2 is 1.70 bits per heavy atom. The molecule has 2 amide bonds. The van der Waals surface area contributed by atoms with Crippen LogP contribution in [0, 0.1) is 6.92 Å². The maximum absolute atomic E-state index is 12.6. The van der Waals surface area contributed by atoms with Crippen LogP contribution in [0.4, 0.5) is 5.69 Å². The molecule has 0 atom stereocenters. The van der Waals surface area contributed by atoms with Crippen molar-refractivity contribution < 1.29 is 9.59 Å². The molecule has 2 fully saturated rings. The molecule has 2 aliphatic rings. The standard InChI is InChI=1S/C24H30N4O2/c1-18-5-4-6-19(15-18)16-27-11-13-28(14-12-27)17-23(29)26-22-8-3-2-7-21(22)24(30)25-20-9-10-20/h2-8,15,20H,9-14,16-17H2,1H3,(H,25,30)(H,26,29). The second-order valence-electron chi connectivity index (χ2n) is 8.38. The van der Waals surface area contributed by atoms with E-state index in [1.165, 1.54) is 11.1 Å². The summed E-state index contributed by atoms with van der Waals surface area (Å²) in [4.78, 5) is 29.6. The van der Waals surface area contributed by atoms with E-state index in [0.717, 1.165) is 45.6 Å². The molecule has 4 rings (SSSR count). The van der Waals surface area contributed by atoms with Gasteiger partial charge in [0.05, 0.1) is 17.8 Å². The maximum atomic E-state index is 12.6. The van der Waals surface area contributed by atoms with Gasteiger partial charge in [-0.15, -0.1) is 0 Å². The lowest BCUT2D eigenvalue weighted by atomic mass is 10.1. The Hall–Kier alpha value is -2.70. The molecule has 2 aromatic carbocycles. The predicted octanol–water partition coefficient (Wildman–Crippen LogP) is 2.64. The molecule has 2 aromatic rings. The Bertz CT molecular complexity index is 902. The van der Waals surface area contributed by atoms with Crippen LogP contribution in [0.25, 0.3) is 0 Å². The number of para-hydroxylation sites is 1. The highest BCUT2D eigenvalue weighted by molar-refractivity contribution is 6.04. The number of anilines is 1. The van der Waals surface area contributed by atoms with Gasteiger partial charge in [-0.1, -0.05) is 42.0 Å². The third-order valence-corrected chi connectivity index (χ3v) is 5.68. The molecule has 1 heterocycles. The number of piperazine rings is 1. The van der Waals surface area contributed by atoms with Crippen molar-refractivity contribution in [3.8, 4) is 0 Å². The van der Waals surface area contributed by atoms with Gasteiger partial charge in [0, 0.05) is 38.8 Å². The molecular weight excluding hydrogens is 376 g/mol. The molecule has 6 heteroatoms. The molecular formula is C24H30N4O2. The van der Waals surface area contributed by atoms with Gasteiger partial charge >= 0.3 is 0 Å². The second kappa shape index (κ2) is 9.41. The van der Waals surface area contributed by atoms with E-state index in [0.29, 0.717) is 17.8 Å². The molecule has 1 aliphatic carbocycles. The Morgan fingerprint density at radius 3 is 2.43 bits per heavy atom. The van der Waals surface area contributed by atoms with E-state index in [4.69, 9.17) is 0 Å². The summed E-state index contributed by atoms with van der Waals surface area (Å²) < 4.78 is 0. The summed E-state index contributed by atoms with van der Waals surface area (Å²) in [5, 5.41) is 5.92. The minimum absolute atomic E-state index is 0.0752. The molecule has 0 radical (unpaired) electrons. The zero-order valence-electron chi connectivity index (χ0n) is 17.6. The Kier molecular flexibility index (Phi) is 6.45. The highest BCUT2D eigenvalue weighted by Crippen LogP contribution is 2.21. The number of benzene rings is 2. The van der Waals surface area contributed by atoms with Crippen molar-refractivity contribution in [1.82, 2.24) is 15.1 Å². The number of hydrogen-bond donors (Lipinski definition) is 2. The number of hydrogen-bond acceptors (Lipinski definition) is 4. The highest BCUT2D eigenvalue weighted by atomic mass is 16.2. The van der Waals surface area contributed by atoms with E-state index in [-0.39, 0.29) is 17.9 Å². The van der Waals surface area contributed by atoms with Gasteiger partial charge in [-0.2, -0.15) is 0 Å². The van der Waals surface area contributed by atoms with Crippen molar-refractivity contribution in [1.29, 1.82) is 0 Å². The first kappa shape index (κ1) is 20.6. The van der Waals surface area contributed by atoms with Crippen molar-refractivity contribution in [2.24, 2.45) is 0 Å². The summed E-state index contributed by atoms with van der Waals surface area (Å²) in [5.74, 6) is -0.188. The summed E-state index contributed by atoms with van der Waals surface area (Å²) in [6.07, 6.45) is 2.08. The predicted molar refractivity (Wildman–Crippen MR) is 118 cm³/mol. The number of aryl methyl sites for hydroxylation is 1. The van der Waals surface area contributed by atoms with E-state index < -0.39 is 0 Å². The normalized spacial score (nSPS) is 17.5. The molecule has 1 saturated carbocycles. The quantitative estimate of drug-likeness (QED) is 0.742. The molecule has 0 unspecified atom stereocenters. The highest BCUT2D eigenvalue weighted by Gasteiger charge is 2.25. The van der Waals surface area contributed by atoms with Gasteiger partial charge in [-0.3, -0.25) is 19.4 Å². The lowest BCUT2D eigenvalue weighted by molar-refractivity contribution is -0.117. The molecule has 1 saturated heterocycles. The van der Waals surface area contributed by atoms with E-state index in [9.17, 15) is 9.59 Å². The minimum Gasteiger partial charge on any atom is -0.349 e. The van der Waals surface area contributed by atoms with Gasteiger partial charge in [0.25, 0.3) is 5.91 Å². The lowest BCUT2D eigenvalue weighted by Crippen LogP contribution is -2.48. The zero-order valence-corrected chi connectivity index (χ0v) is 17.6. The van der Waals surface area contributed by atoms with Crippen LogP contribution < -0.4 is 10.6 Å². The molecule has 1 aliphatic heterocycles. The largest absolute Gasteiger partial charge is 0.349 e.